The van der Waals surface area contributed by atoms with Gasteiger partial charge in [-0.3, -0.25) is 4.68 Å². The fourth-order valence-electron chi connectivity index (χ4n) is 1.64. The molecule has 114 valence electrons. The van der Waals surface area contributed by atoms with Crippen LogP contribution in [0.1, 0.15) is 31.5 Å². The third-order valence-corrected chi connectivity index (χ3v) is 2.47. The van der Waals surface area contributed by atoms with Crippen LogP contribution in [0.2, 0.25) is 0 Å². The lowest BCUT2D eigenvalue weighted by atomic mass is 10.2. The minimum Gasteiger partial charge on any atom is -0.357 e. The van der Waals surface area contributed by atoms with Crippen LogP contribution in [-0.2, 0) is 19.8 Å². The summed E-state index contributed by atoms with van der Waals surface area (Å²) < 4.78 is 39.5. The molecule has 1 aromatic heterocycles. The first-order valence-corrected chi connectivity index (χ1v) is 6.50. The van der Waals surface area contributed by atoms with Gasteiger partial charge in [0.2, 0.25) is 0 Å². The molecule has 0 aliphatic rings. The Morgan fingerprint density at radius 2 is 2.05 bits per heavy atom. The van der Waals surface area contributed by atoms with E-state index in [9.17, 15) is 13.2 Å². The lowest BCUT2D eigenvalue weighted by Gasteiger charge is -2.10. The molecule has 1 heterocycles. The number of aliphatic imine (C=N–C) groups is 1. The van der Waals surface area contributed by atoms with E-state index in [0.29, 0.717) is 19.0 Å². The molecule has 0 aromatic carbocycles. The predicted molar refractivity (Wildman–Crippen MR) is 71.3 cm³/mol. The smallest absolute Gasteiger partial charge is 0.357 e. The van der Waals surface area contributed by atoms with Crippen molar-refractivity contribution in [2.45, 2.75) is 33.0 Å². The molecule has 0 radical (unpaired) electrons. The largest absolute Gasteiger partial charge is 0.435 e. The van der Waals surface area contributed by atoms with Gasteiger partial charge in [0.15, 0.2) is 11.7 Å². The van der Waals surface area contributed by atoms with E-state index in [1.807, 2.05) is 13.8 Å². The highest BCUT2D eigenvalue weighted by atomic mass is 19.4. The number of guanidine groups is 1. The molecule has 0 aliphatic heterocycles. The second kappa shape index (κ2) is 7.16. The molecule has 1 rings (SSSR count). The molecule has 0 amide bonds. The van der Waals surface area contributed by atoms with Crippen molar-refractivity contribution in [3.8, 4) is 0 Å². The van der Waals surface area contributed by atoms with Gasteiger partial charge in [0.1, 0.15) is 0 Å². The zero-order valence-electron chi connectivity index (χ0n) is 11.9. The molecule has 0 unspecified atom stereocenters. The Morgan fingerprint density at radius 3 is 2.60 bits per heavy atom. The molecule has 5 nitrogen and oxygen atoms in total. The normalized spacial score (nSPS) is 12.6. The van der Waals surface area contributed by atoms with Gasteiger partial charge in [0.25, 0.3) is 0 Å². The van der Waals surface area contributed by atoms with E-state index in [1.165, 1.54) is 13.2 Å². The lowest BCUT2D eigenvalue weighted by Crippen LogP contribution is -2.37. The van der Waals surface area contributed by atoms with Crippen molar-refractivity contribution in [3.63, 3.8) is 0 Å². The number of rotatable bonds is 5. The zero-order valence-corrected chi connectivity index (χ0v) is 11.9. The van der Waals surface area contributed by atoms with Gasteiger partial charge in [0, 0.05) is 31.9 Å². The summed E-state index contributed by atoms with van der Waals surface area (Å²) in [4.78, 5) is 4.15. The molecule has 0 fully saturated rings. The average Bonchev–Trinajstić information content (AvgIpc) is 2.74. The maximum absolute atomic E-state index is 12.8. The molecule has 8 heteroatoms. The number of aromatic nitrogens is 2. The fourth-order valence-corrected chi connectivity index (χ4v) is 1.64. The Kier molecular flexibility index (Phi) is 5.84. The van der Waals surface area contributed by atoms with Crippen LogP contribution in [0.3, 0.4) is 0 Å². The highest BCUT2D eigenvalue weighted by Crippen LogP contribution is 2.30. The van der Waals surface area contributed by atoms with Gasteiger partial charge in [0.05, 0.1) is 6.54 Å². The van der Waals surface area contributed by atoms with Gasteiger partial charge < -0.3 is 10.6 Å². The summed E-state index contributed by atoms with van der Waals surface area (Å²) in [5.41, 5.74) is -0.816. The predicted octanol–water partition coefficient (Wildman–Crippen LogP) is 1.90. The van der Waals surface area contributed by atoms with Gasteiger partial charge in [-0.05, 0) is 13.3 Å². The van der Waals surface area contributed by atoms with Gasteiger partial charge in [-0.25, -0.2) is 4.99 Å². The summed E-state index contributed by atoms with van der Waals surface area (Å²) in [6.45, 7) is 5.19. The molecule has 20 heavy (non-hydrogen) atoms. The van der Waals surface area contributed by atoms with Crippen LogP contribution >= 0.6 is 0 Å². The van der Waals surface area contributed by atoms with E-state index in [0.717, 1.165) is 11.1 Å². The van der Waals surface area contributed by atoms with E-state index in [1.54, 1.807) is 0 Å². The Labute approximate surface area is 116 Å². The Hall–Kier alpha value is -1.73. The minimum absolute atomic E-state index is 0.0636. The number of hydrogen-bond acceptors (Lipinski definition) is 2. The summed E-state index contributed by atoms with van der Waals surface area (Å²) in [6, 6.07) is 0. The second-order valence-corrected chi connectivity index (χ2v) is 4.30. The van der Waals surface area contributed by atoms with Crippen molar-refractivity contribution in [1.82, 2.24) is 20.4 Å². The number of nitrogens with one attached hydrogen (secondary N) is 2. The lowest BCUT2D eigenvalue weighted by molar-refractivity contribution is -0.142. The van der Waals surface area contributed by atoms with Crippen LogP contribution < -0.4 is 10.6 Å². The van der Waals surface area contributed by atoms with Crippen LogP contribution in [0.5, 0.6) is 0 Å². The third kappa shape index (κ3) is 4.75. The summed E-state index contributed by atoms with van der Waals surface area (Å²) >= 11 is 0. The number of nitrogens with zero attached hydrogens (tertiary/aromatic N) is 3. The molecule has 1 aromatic rings. The summed E-state index contributed by atoms with van der Waals surface area (Å²) in [7, 11) is 1.46. The highest BCUT2D eigenvalue weighted by Gasteiger charge is 2.36. The van der Waals surface area contributed by atoms with Gasteiger partial charge >= 0.3 is 6.18 Å². The Balaban J connectivity index is 2.85. The molecular formula is C12H20F3N5. The summed E-state index contributed by atoms with van der Waals surface area (Å²) in [6.07, 6.45) is -2.21. The highest BCUT2D eigenvalue weighted by molar-refractivity contribution is 5.79. The molecule has 0 bridgehead atoms. The van der Waals surface area contributed by atoms with E-state index in [-0.39, 0.29) is 12.1 Å². The topological polar surface area (TPSA) is 54.2 Å². The molecule has 0 saturated heterocycles. The minimum atomic E-state index is -4.46. The molecule has 0 atom stereocenters. The van der Waals surface area contributed by atoms with Crippen LogP contribution in [0.25, 0.3) is 0 Å². The first kappa shape index (κ1) is 16.3. The molecule has 0 spiro atoms. The molecule has 2 N–H and O–H groups in total. The molecule has 0 aliphatic carbocycles. The Morgan fingerprint density at radius 1 is 1.35 bits per heavy atom. The van der Waals surface area contributed by atoms with Crippen molar-refractivity contribution in [1.29, 1.82) is 0 Å². The van der Waals surface area contributed by atoms with Crippen LogP contribution in [0.4, 0.5) is 13.2 Å². The first-order chi connectivity index (χ1) is 9.38. The Bertz CT molecular complexity index is 450. The first-order valence-electron chi connectivity index (χ1n) is 6.50. The van der Waals surface area contributed by atoms with Gasteiger partial charge in [-0.15, -0.1) is 0 Å². The number of alkyl halides is 3. The van der Waals surface area contributed by atoms with E-state index < -0.39 is 11.9 Å². The number of aryl methyl sites for hydroxylation is 1. The van der Waals surface area contributed by atoms with Crippen molar-refractivity contribution in [2.75, 3.05) is 13.1 Å². The monoisotopic (exact) mass is 291 g/mol. The summed E-state index contributed by atoms with van der Waals surface area (Å²) in [5.74, 6) is 0.506. The van der Waals surface area contributed by atoms with E-state index in [4.69, 9.17) is 0 Å². The maximum atomic E-state index is 12.8. The van der Waals surface area contributed by atoms with Crippen LogP contribution in [0, 0.1) is 0 Å². The van der Waals surface area contributed by atoms with E-state index in [2.05, 4.69) is 20.7 Å². The maximum Gasteiger partial charge on any atom is 0.435 e. The quantitative estimate of drug-likeness (QED) is 0.643. The standard InChI is InChI=1S/C12H20F3N5/c1-4-6-17-11(16-5-2)18-7-9-8-20(3)19-10(9)12(13,14)15/h8H,4-7H2,1-3H3,(H2,16,17,18). The van der Waals surface area contributed by atoms with Crippen molar-refractivity contribution >= 4 is 5.96 Å². The van der Waals surface area contributed by atoms with Gasteiger partial charge in [-0.2, -0.15) is 18.3 Å². The molecular weight excluding hydrogens is 271 g/mol. The van der Waals surface area contributed by atoms with E-state index >= 15 is 0 Å². The fraction of sp³-hybridized carbons (Fsp3) is 0.667. The molecule has 0 saturated carbocycles. The van der Waals surface area contributed by atoms with Gasteiger partial charge in [-0.1, -0.05) is 6.92 Å². The van der Waals surface area contributed by atoms with Crippen molar-refractivity contribution in [3.05, 3.63) is 17.5 Å². The van der Waals surface area contributed by atoms with Crippen molar-refractivity contribution < 1.29 is 13.2 Å². The van der Waals surface area contributed by atoms with Crippen LogP contribution in [-0.4, -0.2) is 28.8 Å². The SMILES string of the molecule is CCCNC(=NCc1cn(C)nc1C(F)(F)F)NCC. The summed E-state index contributed by atoms with van der Waals surface area (Å²) in [5, 5.41) is 9.47. The third-order valence-electron chi connectivity index (χ3n) is 2.47. The average molecular weight is 291 g/mol. The van der Waals surface area contributed by atoms with Crippen molar-refractivity contribution in [2.24, 2.45) is 12.0 Å². The number of halogens is 3. The zero-order chi connectivity index (χ0) is 15.2. The number of hydrogen-bond donors (Lipinski definition) is 2. The van der Waals surface area contributed by atoms with Crippen LogP contribution in [0.15, 0.2) is 11.2 Å². The second-order valence-electron chi connectivity index (χ2n) is 4.30.